The summed E-state index contributed by atoms with van der Waals surface area (Å²) in [5, 5.41) is 11.2. The lowest BCUT2D eigenvalue weighted by molar-refractivity contribution is -0.167. The maximum absolute atomic E-state index is 12.3. The highest BCUT2D eigenvalue weighted by atomic mass is 32.1. The molecule has 1 saturated carbocycles. The molecule has 0 aromatic carbocycles. The summed E-state index contributed by atoms with van der Waals surface area (Å²) < 4.78 is 0. The molecule has 5 heteroatoms. The third-order valence-corrected chi connectivity index (χ3v) is 4.73. The maximum Gasteiger partial charge on any atom is 0.319 e. The number of carbonyl (C=O) groups is 2. The summed E-state index contributed by atoms with van der Waals surface area (Å²) in [6.07, 6.45) is 1.76. The lowest BCUT2D eigenvalue weighted by Crippen LogP contribution is -2.51. The molecule has 98 valence electrons. The van der Waals surface area contributed by atoms with Gasteiger partial charge in [0.1, 0.15) is 5.41 Å². The zero-order valence-electron chi connectivity index (χ0n) is 10.6. The van der Waals surface area contributed by atoms with E-state index in [4.69, 9.17) is 0 Å². The molecule has 0 saturated heterocycles. The molecule has 1 N–H and O–H groups in total. The lowest BCUT2D eigenvalue weighted by atomic mass is 9.68. The van der Waals surface area contributed by atoms with Crippen LogP contribution in [0.15, 0.2) is 11.4 Å². The molecule has 1 aliphatic carbocycles. The summed E-state index contributed by atoms with van der Waals surface area (Å²) in [4.78, 5) is 26.2. The number of aliphatic carboxylic acids is 1. The van der Waals surface area contributed by atoms with Gasteiger partial charge in [0.15, 0.2) is 0 Å². The first-order chi connectivity index (χ1) is 8.47. The number of nitrogens with zero attached hydrogens (tertiary/aromatic N) is 1. The van der Waals surface area contributed by atoms with E-state index < -0.39 is 11.4 Å². The van der Waals surface area contributed by atoms with Gasteiger partial charge in [-0.05, 0) is 36.8 Å². The molecule has 0 unspecified atom stereocenters. The van der Waals surface area contributed by atoms with Gasteiger partial charge in [0.25, 0.3) is 0 Å². The van der Waals surface area contributed by atoms with Crippen LogP contribution in [-0.4, -0.2) is 28.9 Å². The van der Waals surface area contributed by atoms with Crippen LogP contribution in [0.3, 0.4) is 0 Å². The molecule has 0 bridgehead atoms. The van der Waals surface area contributed by atoms with E-state index in [0.717, 1.165) is 16.9 Å². The van der Waals surface area contributed by atoms with E-state index in [1.54, 1.807) is 23.3 Å². The van der Waals surface area contributed by atoms with Crippen molar-refractivity contribution >= 4 is 23.2 Å². The minimum atomic E-state index is -1.15. The van der Waals surface area contributed by atoms with E-state index in [2.05, 4.69) is 0 Å². The van der Waals surface area contributed by atoms with Crippen LogP contribution >= 0.6 is 11.3 Å². The number of carboxylic acids is 1. The average Bonchev–Trinajstić information content (AvgIpc) is 2.62. The summed E-state index contributed by atoms with van der Waals surface area (Å²) in [5.74, 6) is -1.23. The van der Waals surface area contributed by atoms with Crippen molar-refractivity contribution in [1.29, 1.82) is 0 Å². The fraction of sp³-hybridized carbons (Fsp3) is 0.538. The number of hydrogen-bond donors (Lipinski definition) is 1. The Labute approximate surface area is 110 Å². The second-order valence-electron chi connectivity index (χ2n) is 4.93. The number of aryl methyl sites for hydroxylation is 1. The molecular weight excluding hydrogens is 250 g/mol. The van der Waals surface area contributed by atoms with Gasteiger partial charge in [0.2, 0.25) is 5.91 Å². The van der Waals surface area contributed by atoms with Gasteiger partial charge >= 0.3 is 5.97 Å². The monoisotopic (exact) mass is 267 g/mol. The van der Waals surface area contributed by atoms with Gasteiger partial charge in [-0.15, -0.1) is 11.3 Å². The molecule has 0 aliphatic heterocycles. The molecule has 2 rings (SSSR count). The third kappa shape index (κ3) is 2.03. The Hall–Kier alpha value is -1.36. The van der Waals surface area contributed by atoms with Gasteiger partial charge < -0.3 is 10.0 Å². The molecule has 18 heavy (non-hydrogen) atoms. The molecule has 0 radical (unpaired) electrons. The first kappa shape index (κ1) is 13.1. The van der Waals surface area contributed by atoms with Crippen molar-refractivity contribution in [3.05, 3.63) is 21.9 Å². The largest absolute Gasteiger partial charge is 0.480 e. The SMILES string of the molecule is Cc1ccsc1CN(C)C(=O)C1(C(=O)O)CCC1. The quantitative estimate of drug-likeness (QED) is 0.851. The molecular formula is C13H17NO3S. The fourth-order valence-corrected chi connectivity index (χ4v) is 3.23. The lowest BCUT2D eigenvalue weighted by Gasteiger charge is -2.38. The van der Waals surface area contributed by atoms with Crippen molar-refractivity contribution < 1.29 is 14.7 Å². The van der Waals surface area contributed by atoms with E-state index in [9.17, 15) is 14.7 Å². The van der Waals surface area contributed by atoms with Crippen LogP contribution in [0.4, 0.5) is 0 Å². The first-order valence-electron chi connectivity index (χ1n) is 5.99. The Morgan fingerprint density at radius 1 is 1.50 bits per heavy atom. The molecule has 0 atom stereocenters. The van der Waals surface area contributed by atoms with Crippen molar-refractivity contribution in [3.8, 4) is 0 Å². The van der Waals surface area contributed by atoms with E-state index in [-0.39, 0.29) is 5.91 Å². The number of thiophene rings is 1. The van der Waals surface area contributed by atoms with E-state index in [1.807, 2.05) is 18.4 Å². The van der Waals surface area contributed by atoms with Crippen LogP contribution in [0.2, 0.25) is 0 Å². The smallest absolute Gasteiger partial charge is 0.319 e. The topological polar surface area (TPSA) is 57.6 Å². The standard InChI is InChI=1S/C13H17NO3S/c1-9-4-7-18-10(9)8-14(2)11(15)13(12(16)17)5-3-6-13/h4,7H,3,5-6,8H2,1-2H3,(H,16,17). The normalized spacial score (nSPS) is 17.0. The Morgan fingerprint density at radius 2 is 2.17 bits per heavy atom. The number of carboxylic acid groups (broad SMARTS) is 1. The molecule has 1 aliphatic rings. The summed E-state index contributed by atoms with van der Waals surface area (Å²) in [6, 6.07) is 2.01. The first-order valence-corrected chi connectivity index (χ1v) is 6.87. The van der Waals surface area contributed by atoms with Crippen LogP contribution in [-0.2, 0) is 16.1 Å². The van der Waals surface area contributed by atoms with Crippen molar-refractivity contribution in [2.75, 3.05) is 7.05 Å². The molecule has 1 aromatic heterocycles. The Kier molecular flexibility index (Phi) is 3.43. The van der Waals surface area contributed by atoms with Crippen molar-refractivity contribution in [3.63, 3.8) is 0 Å². The fourth-order valence-electron chi connectivity index (χ4n) is 2.27. The van der Waals surface area contributed by atoms with Gasteiger partial charge in [0.05, 0.1) is 6.54 Å². The van der Waals surface area contributed by atoms with E-state index >= 15 is 0 Å². The summed E-state index contributed by atoms with van der Waals surface area (Å²) >= 11 is 1.60. The predicted molar refractivity (Wildman–Crippen MR) is 69.4 cm³/mol. The average molecular weight is 267 g/mol. The Morgan fingerprint density at radius 3 is 2.56 bits per heavy atom. The minimum Gasteiger partial charge on any atom is -0.480 e. The number of carbonyl (C=O) groups excluding carboxylic acids is 1. The van der Waals surface area contributed by atoms with Gasteiger partial charge in [-0.25, -0.2) is 0 Å². The molecule has 0 spiro atoms. The maximum atomic E-state index is 12.3. The van der Waals surface area contributed by atoms with Crippen LogP contribution in [0, 0.1) is 12.3 Å². The number of rotatable bonds is 4. The minimum absolute atomic E-state index is 0.256. The molecule has 1 amide bonds. The van der Waals surface area contributed by atoms with Crippen LogP contribution < -0.4 is 0 Å². The van der Waals surface area contributed by atoms with Crippen molar-refractivity contribution in [2.45, 2.75) is 32.7 Å². The number of amides is 1. The molecule has 1 aromatic rings. The highest BCUT2D eigenvalue weighted by Gasteiger charge is 2.52. The van der Waals surface area contributed by atoms with Crippen LogP contribution in [0.1, 0.15) is 29.7 Å². The third-order valence-electron chi connectivity index (χ3n) is 3.72. The van der Waals surface area contributed by atoms with Crippen molar-refractivity contribution in [2.24, 2.45) is 5.41 Å². The zero-order chi connectivity index (χ0) is 13.3. The second kappa shape index (κ2) is 4.72. The molecule has 1 fully saturated rings. The van der Waals surface area contributed by atoms with Crippen LogP contribution in [0.25, 0.3) is 0 Å². The van der Waals surface area contributed by atoms with Crippen molar-refractivity contribution in [1.82, 2.24) is 4.90 Å². The second-order valence-corrected chi connectivity index (χ2v) is 5.93. The van der Waals surface area contributed by atoms with E-state index in [1.165, 1.54) is 0 Å². The summed E-state index contributed by atoms with van der Waals surface area (Å²) in [7, 11) is 1.69. The summed E-state index contributed by atoms with van der Waals surface area (Å²) in [6.45, 7) is 2.50. The Balaban J connectivity index is 2.09. The highest BCUT2D eigenvalue weighted by molar-refractivity contribution is 7.10. The van der Waals surface area contributed by atoms with Gasteiger partial charge in [0, 0.05) is 11.9 Å². The van der Waals surface area contributed by atoms with Crippen LogP contribution in [0.5, 0.6) is 0 Å². The highest BCUT2D eigenvalue weighted by Crippen LogP contribution is 2.42. The van der Waals surface area contributed by atoms with Gasteiger partial charge in [-0.2, -0.15) is 0 Å². The zero-order valence-corrected chi connectivity index (χ0v) is 11.4. The summed E-state index contributed by atoms with van der Waals surface area (Å²) in [5.41, 5.74) is -0.00228. The Bertz CT molecular complexity index is 476. The van der Waals surface area contributed by atoms with Gasteiger partial charge in [-0.1, -0.05) is 6.42 Å². The predicted octanol–water partition coefficient (Wildman–Crippen LogP) is 2.27. The van der Waals surface area contributed by atoms with E-state index in [0.29, 0.717) is 19.4 Å². The molecule has 4 nitrogen and oxygen atoms in total. The number of hydrogen-bond acceptors (Lipinski definition) is 3. The molecule has 1 heterocycles. The van der Waals surface area contributed by atoms with Gasteiger partial charge in [-0.3, -0.25) is 9.59 Å².